The molecular weight excluding hydrogens is 212 g/mol. The van der Waals surface area contributed by atoms with Gasteiger partial charge >= 0.3 is 0 Å². The van der Waals surface area contributed by atoms with E-state index in [0.29, 0.717) is 5.13 Å². The minimum atomic E-state index is -0.0675. The fourth-order valence-corrected chi connectivity index (χ4v) is 2.35. The quantitative estimate of drug-likeness (QED) is 0.747. The summed E-state index contributed by atoms with van der Waals surface area (Å²) < 4.78 is 0. The number of carbonyl (C=O) groups is 1. The van der Waals surface area contributed by atoms with Crippen molar-refractivity contribution in [3.05, 3.63) is 11.1 Å². The fraction of sp³-hybridized carbons (Fsp3) is 0.556. The summed E-state index contributed by atoms with van der Waals surface area (Å²) >= 11 is 1.48. The number of hydrogen-bond acceptors (Lipinski definition) is 5. The highest BCUT2D eigenvalue weighted by molar-refractivity contribution is 7.15. The maximum Gasteiger partial charge on any atom is 0.237 e. The third kappa shape index (κ3) is 2.27. The van der Waals surface area contributed by atoms with E-state index in [1.807, 2.05) is 6.92 Å². The molecule has 6 heteroatoms. The van der Waals surface area contributed by atoms with Crippen molar-refractivity contribution in [2.24, 2.45) is 0 Å². The van der Waals surface area contributed by atoms with E-state index >= 15 is 0 Å². The lowest BCUT2D eigenvalue weighted by Crippen LogP contribution is -2.53. The summed E-state index contributed by atoms with van der Waals surface area (Å²) in [6.45, 7) is 4.27. The van der Waals surface area contributed by atoms with Crippen molar-refractivity contribution >= 4 is 22.4 Å². The van der Waals surface area contributed by atoms with E-state index in [4.69, 9.17) is 5.73 Å². The molecule has 5 nitrogen and oxygen atoms in total. The summed E-state index contributed by atoms with van der Waals surface area (Å²) in [5.41, 5.74) is 5.56. The van der Waals surface area contributed by atoms with Crippen molar-refractivity contribution in [1.82, 2.24) is 15.2 Å². The van der Waals surface area contributed by atoms with Crippen LogP contribution in [-0.4, -0.2) is 34.9 Å². The predicted octanol–water partition coefficient (Wildman–Crippen LogP) is 0.0456. The summed E-state index contributed by atoms with van der Waals surface area (Å²) in [5.74, 6) is 0.0961. The number of nitrogens with zero attached hydrogens (tertiary/aromatic N) is 2. The molecule has 1 aliphatic rings. The van der Waals surface area contributed by atoms with E-state index < -0.39 is 0 Å². The molecule has 0 aliphatic carbocycles. The monoisotopic (exact) mass is 226 g/mol. The van der Waals surface area contributed by atoms with Crippen LogP contribution in [-0.2, 0) is 11.3 Å². The molecule has 1 fully saturated rings. The van der Waals surface area contributed by atoms with Gasteiger partial charge in [-0.25, -0.2) is 4.98 Å². The Bertz CT molecular complexity index is 365. The number of amides is 1. The second-order valence-electron chi connectivity index (χ2n) is 3.60. The Morgan fingerprint density at radius 1 is 1.80 bits per heavy atom. The fourth-order valence-electron chi connectivity index (χ4n) is 1.64. The summed E-state index contributed by atoms with van der Waals surface area (Å²) in [6.07, 6.45) is 1.78. The zero-order chi connectivity index (χ0) is 10.8. The topological polar surface area (TPSA) is 71.2 Å². The molecule has 82 valence electrons. The van der Waals surface area contributed by atoms with E-state index in [0.717, 1.165) is 24.5 Å². The molecule has 1 amide bonds. The van der Waals surface area contributed by atoms with Gasteiger partial charge in [-0.1, -0.05) is 0 Å². The molecule has 0 spiro atoms. The standard InChI is InChI=1S/C9H14N4OS/c1-6-8(14)11-2-3-13(6)5-7-4-12-9(10)15-7/h4,6H,2-3,5H2,1H3,(H2,10,12)(H,11,14). The molecule has 3 N–H and O–H groups in total. The molecule has 2 heterocycles. The Balaban J connectivity index is 2.02. The minimum absolute atomic E-state index is 0.0675. The van der Waals surface area contributed by atoms with E-state index in [2.05, 4.69) is 15.2 Å². The summed E-state index contributed by atoms with van der Waals surface area (Å²) in [5, 5.41) is 3.42. The number of nitrogens with one attached hydrogen (secondary N) is 1. The molecule has 1 saturated heterocycles. The highest BCUT2D eigenvalue weighted by Crippen LogP contribution is 2.18. The summed E-state index contributed by atoms with van der Waals surface area (Å²) in [4.78, 5) is 18.6. The molecule has 15 heavy (non-hydrogen) atoms. The van der Waals surface area contributed by atoms with Crippen LogP contribution in [0.1, 0.15) is 11.8 Å². The molecule has 1 aromatic heterocycles. The van der Waals surface area contributed by atoms with Crippen molar-refractivity contribution in [1.29, 1.82) is 0 Å². The minimum Gasteiger partial charge on any atom is -0.375 e. The molecule has 1 aliphatic heterocycles. The van der Waals surface area contributed by atoms with Crippen LogP contribution < -0.4 is 11.1 Å². The molecule has 0 aromatic carbocycles. The largest absolute Gasteiger partial charge is 0.375 e. The predicted molar refractivity (Wildman–Crippen MR) is 59.4 cm³/mol. The van der Waals surface area contributed by atoms with Crippen LogP contribution in [0.2, 0.25) is 0 Å². The van der Waals surface area contributed by atoms with Crippen molar-refractivity contribution in [2.45, 2.75) is 19.5 Å². The van der Waals surface area contributed by atoms with Gasteiger partial charge in [0.2, 0.25) is 5.91 Å². The first-order chi connectivity index (χ1) is 7.16. The molecule has 0 bridgehead atoms. The third-order valence-electron chi connectivity index (χ3n) is 2.56. The number of anilines is 1. The van der Waals surface area contributed by atoms with E-state index in [-0.39, 0.29) is 11.9 Å². The van der Waals surface area contributed by atoms with Crippen LogP contribution in [0.4, 0.5) is 5.13 Å². The number of nitrogens with two attached hydrogens (primary N) is 1. The third-order valence-corrected chi connectivity index (χ3v) is 3.37. The molecule has 1 unspecified atom stereocenters. The van der Waals surface area contributed by atoms with E-state index in [1.165, 1.54) is 11.3 Å². The average molecular weight is 226 g/mol. The van der Waals surface area contributed by atoms with Crippen LogP contribution >= 0.6 is 11.3 Å². The van der Waals surface area contributed by atoms with E-state index in [9.17, 15) is 4.79 Å². The Morgan fingerprint density at radius 2 is 2.60 bits per heavy atom. The van der Waals surface area contributed by atoms with Gasteiger partial charge in [-0.05, 0) is 6.92 Å². The molecule has 2 rings (SSSR count). The van der Waals surface area contributed by atoms with Gasteiger partial charge in [-0.15, -0.1) is 11.3 Å². The number of rotatable bonds is 2. The van der Waals surface area contributed by atoms with Crippen LogP contribution in [0.3, 0.4) is 0 Å². The molecular formula is C9H14N4OS. The number of aromatic nitrogens is 1. The molecule has 0 radical (unpaired) electrons. The number of piperazine rings is 1. The van der Waals surface area contributed by atoms with Gasteiger partial charge in [0.25, 0.3) is 0 Å². The molecule has 1 aromatic rings. The molecule has 0 saturated carbocycles. The Kier molecular flexibility index (Phi) is 2.88. The van der Waals surface area contributed by atoms with Crippen molar-refractivity contribution < 1.29 is 4.79 Å². The number of nitrogen functional groups attached to an aromatic ring is 1. The maximum atomic E-state index is 11.4. The molecule has 1 atom stereocenters. The lowest BCUT2D eigenvalue weighted by atomic mass is 10.2. The van der Waals surface area contributed by atoms with Gasteiger partial charge in [0.15, 0.2) is 5.13 Å². The first kappa shape index (κ1) is 10.4. The lowest BCUT2D eigenvalue weighted by molar-refractivity contribution is -0.128. The summed E-state index contributed by atoms with van der Waals surface area (Å²) in [7, 11) is 0. The first-order valence-corrected chi connectivity index (χ1v) is 5.70. The normalized spacial score (nSPS) is 22.7. The Labute approximate surface area is 92.3 Å². The highest BCUT2D eigenvalue weighted by atomic mass is 32.1. The maximum absolute atomic E-state index is 11.4. The average Bonchev–Trinajstić information content (AvgIpc) is 2.59. The van der Waals surface area contributed by atoms with Crippen LogP contribution in [0, 0.1) is 0 Å². The number of thiazole rings is 1. The first-order valence-electron chi connectivity index (χ1n) is 4.89. The van der Waals surface area contributed by atoms with Gasteiger partial charge in [0.05, 0.1) is 6.04 Å². The SMILES string of the molecule is CC1C(=O)NCCN1Cc1cnc(N)s1. The Hall–Kier alpha value is -1.14. The second kappa shape index (κ2) is 4.16. The van der Waals surface area contributed by atoms with E-state index in [1.54, 1.807) is 6.20 Å². The van der Waals surface area contributed by atoms with Crippen LogP contribution in [0.15, 0.2) is 6.20 Å². The van der Waals surface area contributed by atoms with Crippen molar-refractivity contribution in [2.75, 3.05) is 18.8 Å². The van der Waals surface area contributed by atoms with Gasteiger partial charge in [-0.3, -0.25) is 9.69 Å². The summed E-state index contributed by atoms with van der Waals surface area (Å²) in [6, 6.07) is -0.0675. The second-order valence-corrected chi connectivity index (χ2v) is 4.75. The van der Waals surface area contributed by atoms with Crippen molar-refractivity contribution in [3.8, 4) is 0 Å². The van der Waals surface area contributed by atoms with Gasteiger partial charge < -0.3 is 11.1 Å². The zero-order valence-corrected chi connectivity index (χ0v) is 9.38. The Morgan fingerprint density at radius 3 is 3.27 bits per heavy atom. The number of hydrogen-bond donors (Lipinski definition) is 2. The number of carbonyl (C=O) groups excluding carboxylic acids is 1. The van der Waals surface area contributed by atoms with Crippen LogP contribution in [0.25, 0.3) is 0 Å². The smallest absolute Gasteiger partial charge is 0.237 e. The van der Waals surface area contributed by atoms with Gasteiger partial charge in [-0.2, -0.15) is 0 Å². The van der Waals surface area contributed by atoms with Gasteiger partial charge in [0, 0.05) is 30.7 Å². The lowest BCUT2D eigenvalue weighted by Gasteiger charge is -2.32. The van der Waals surface area contributed by atoms with Crippen LogP contribution in [0.5, 0.6) is 0 Å². The zero-order valence-electron chi connectivity index (χ0n) is 8.56. The van der Waals surface area contributed by atoms with Gasteiger partial charge in [0.1, 0.15) is 0 Å². The highest BCUT2D eigenvalue weighted by Gasteiger charge is 2.25. The van der Waals surface area contributed by atoms with Crippen molar-refractivity contribution in [3.63, 3.8) is 0 Å².